The smallest absolute Gasteiger partial charge is 0.180 e. The molecule has 5 nitrogen and oxygen atoms in total. The third-order valence-corrected chi connectivity index (χ3v) is 1.62. The first-order valence-electron chi connectivity index (χ1n) is 12.3. The number of hydrogen-bond donors (Lipinski definition) is 1. The normalized spacial score (nSPS) is 7.45. The molecule has 0 atom stereocenters. The largest absolute Gasteiger partial charge is 0.452 e. The van der Waals surface area contributed by atoms with Crippen LogP contribution in [0.4, 0.5) is 0 Å². The predicted molar refractivity (Wildman–Crippen MR) is 153 cm³/mol. The van der Waals surface area contributed by atoms with Crippen molar-refractivity contribution < 1.29 is 4.42 Å². The molecule has 0 fully saturated rings. The molecule has 0 amide bonds. The molecule has 0 saturated heterocycles. The van der Waals surface area contributed by atoms with E-state index in [2.05, 4.69) is 86.7 Å². The van der Waals surface area contributed by atoms with Crippen molar-refractivity contribution >= 4 is 11.3 Å². The number of aromatic amines is 1. The molecule has 3 aromatic rings. The Kier molecular flexibility index (Phi) is 70.6. The third kappa shape index (κ3) is 139. The second-order valence-corrected chi connectivity index (χ2v) is 8.06. The maximum Gasteiger partial charge on any atom is 0.180 e. The summed E-state index contributed by atoms with van der Waals surface area (Å²) in [4.78, 5) is 13.7. The number of rotatable bonds is 0. The Morgan fingerprint density at radius 2 is 1.09 bits per heavy atom. The highest BCUT2D eigenvalue weighted by molar-refractivity contribution is 7.07. The molecule has 0 aromatic carbocycles. The molecule has 198 valence electrons. The van der Waals surface area contributed by atoms with Crippen LogP contribution in [-0.2, 0) is 0 Å². The number of oxazole rings is 1. The van der Waals surface area contributed by atoms with E-state index in [-0.39, 0.29) is 0 Å². The van der Waals surface area contributed by atoms with Gasteiger partial charge in [0.15, 0.2) is 6.39 Å². The van der Waals surface area contributed by atoms with Crippen molar-refractivity contribution in [1.29, 1.82) is 0 Å². The molecule has 1 N–H and O–H groups in total. The molecule has 0 aliphatic rings. The van der Waals surface area contributed by atoms with Crippen LogP contribution in [0, 0.1) is 17.8 Å². The summed E-state index contributed by atoms with van der Waals surface area (Å²) in [6.07, 6.45) is 11.3. The molecule has 0 aliphatic heterocycles. The molecule has 0 unspecified atom stereocenters. The number of thiazole rings is 1. The molecule has 0 spiro atoms. The zero-order valence-electron chi connectivity index (χ0n) is 24.6. The van der Waals surface area contributed by atoms with Gasteiger partial charge in [-0.15, -0.1) is 11.3 Å². The lowest BCUT2D eigenvalue weighted by Gasteiger charge is -1.79. The van der Waals surface area contributed by atoms with Crippen molar-refractivity contribution in [3.05, 3.63) is 54.7 Å². The molecule has 0 radical (unpaired) electrons. The van der Waals surface area contributed by atoms with E-state index < -0.39 is 0 Å². The highest BCUT2D eigenvalue weighted by Crippen LogP contribution is 1.86. The monoisotopic (exact) mass is 486 g/mol. The number of hydrogen-bond acceptors (Lipinski definition) is 5. The molecule has 0 saturated carbocycles. The quantitative estimate of drug-likeness (QED) is 0.343. The zero-order valence-corrected chi connectivity index (χ0v) is 25.4. The Bertz CT molecular complexity index is 358. The molecule has 33 heavy (non-hydrogen) atoms. The molecular weight excluding hydrogens is 428 g/mol. The van der Waals surface area contributed by atoms with Gasteiger partial charge in [-0.2, -0.15) is 0 Å². The molecule has 3 rings (SSSR count). The Morgan fingerprint density at radius 3 is 1.18 bits per heavy atom. The third-order valence-electron chi connectivity index (χ3n) is 1.10. The van der Waals surface area contributed by atoms with Crippen molar-refractivity contribution in [3.8, 4) is 0 Å². The van der Waals surface area contributed by atoms with Crippen molar-refractivity contribution in [1.82, 2.24) is 19.9 Å². The van der Waals surface area contributed by atoms with Crippen molar-refractivity contribution in [2.45, 2.75) is 104 Å². The minimum Gasteiger partial charge on any atom is -0.452 e. The summed E-state index contributed by atoms with van der Waals surface area (Å²) in [5, 5.41) is 1.93. The summed E-state index contributed by atoms with van der Waals surface area (Å²) in [7, 11) is 0. The minimum absolute atomic E-state index is 0.833. The van der Waals surface area contributed by atoms with Gasteiger partial charge < -0.3 is 9.40 Å². The minimum atomic E-state index is 0.833. The average Bonchev–Trinajstić information content (AvgIpc) is 3.59. The van der Waals surface area contributed by atoms with Gasteiger partial charge in [-0.1, -0.05) is 104 Å². The lowest BCUT2D eigenvalue weighted by atomic mass is 10.3. The van der Waals surface area contributed by atoms with E-state index in [1.54, 1.807) is 48.0 Å². The number of nitrogens with zero attached hydrogens (tertiary/aromatic N) is 3. The fourth-order valence-corrected chi connectivity index (χ4v) is 0.918. The maximum absolute atomic E-state index is 4.47. The van der Waals surface area contributed by atoms with Gasteiger partial charge in [0.25, 0.3) is 0 Å². The summed E-state index contributed by atoms with van der Waals surface area (Å²) in [6.45, 7) is 31.5. The number of aromatic nitrogens is 4. The topological polar surface area (TPSA) is 67.6 Å². The second-order valence-electron chi connectivity index (χ2n) is 7.31. The zero-order chi connectivity index (χ0) is 27.3. The first-order valence-corrected chi connectivity index (χ1v) is 13.2. The fraction of sp³-hybridized carbons (Fsp3) is 0.667. The summed E-state index contributed by atoms with van der Waals surface area (Å²) in [5.74, 6) is 2.50. The van der Waals surface area contributed by atoms with E-state index in [0.717, 1.165) is 17.8 Å². The first kappa shape index (κ1) is 44.7. The van der Waals surface area contributed by atoms with Crippen LogP contribution in [0.2, 0.25) is 0 Å². The Hall–Kier alpha value is -1.95. The van der Waals surface area contributed by atoms with Gasteiger partial charge in [0.05, 0.1) is 18.0 Å². The van der Waals surface area contributed by atoms with Crippen LogP contribution in [0.3, 0.4) is 0 Å². The van der Waals surface area contributed by atoms with Crippen LogP contribution in [-0.4, -0.2) is 19.9 Å². The highest BCUT2D eigenvalue weighted by atomic mass is 32.1. The number of H-pyrrole nitrogens is 1. The molecule has 6 heteroatoms. The van der Waals surface area contributed by atoms with Crippen molar-refractivity contribution in [2.75, 3.05) is 0 Å². The van der Waals surface area contributed by atoms with Gasteiger partial charge in [-0.05, 0) is 17.8 Å². The second kappa shape index (κ2) is 52.2. The molecular formula is C27H58N4OS. The predicted octanol–water partition coefficient (Wildman–Crippen LogP) is 10.3. The summed E-state index contributed by atoms with van der Waals surface area (Å²) >= 11 is 1.60. The maximum atomic E-state index is 4.47. The van der Waals surface area contributed by atoms with Gasteiger partial charge in [0.1, 0.15) is 6.26 Å². The first-order chi connectivity index (χ1) is 15.7. The van der Waals surface area contributed by atoms with Gasteiger partial charge >= 0.3 is 0 Å². The molecule has 0 aliphatic carbocycles. The Balaban J connectivity index is -0.0000000636. The van der Waals surface area contributed by atoms with Gasteiger partial charge in [0, 0.05) is 24.0 Å². The average molecular weight is 487 g/mol. The van der Waals surface area contributed by atoms with Crippen molar-refractivity contribution in [3.63, 3.8) is 0 Å². The van der Waals surface area contributed by atoms with E-state index in [9.17, 15) is 0 Å². The van der Waals surface area contributed by atoms with E-state index >= 15 is 0 Å². The summed E-state index contributed by atoms with van der Waals surface area (Å²) < 4.78 is 4.47. The highest BCUT2D eigenvalue weighted by Gasteiger charge is 1.69. The number of nitrogens with one attached hydrogen (secondary N) is 1. The molecule has 3 heterocycles. The Labute approximate surface area is 211 Å². The van der Waals surface area contributed by atoms with Crippen LogP contribution in [0.5, 0.6) is 0 Å². The standard InChI is InChI=1S/3C4H10.C3H4N2.C3H3NO.C3H3NS.3C2H6/c3*1-4(2)3;3*1-2-5-3-4-1;3*1-2/h3*4H,1-3H3;1-3H,(H,4,5);2*1-3H;3*1-2H3. The molecule has 3 aromatic heterocycles. The summed E-state index contributed by atoms with van der Waals surface area (Å²) in [6, 6.07) is 0. The SMILES string of the molecule is CC.CC.CC.CC(C)C.CC(C)C.CC(C)C.c1c[nH]cn1.c1cocn1.c1cscn1. The van der Waals surface area contributed by atoms with Crippen LogP contribution >= 0.6 is 11.3 Å². The lowest BCUT2D eigenvalue weighted by molar-refractivity contribution is 0.558. The van der Waals surface area contributed by atoms with Crippen LogP contribution in [0.15, 0.2) is 59.1 Å². The van der Waals surface area contributed by atoms with Gasteiger partial charge in [-0.3, -0.25) is 4.98 Å². The Morgan fingerprint density at radius 1 is 0.636 bits per heavy atom. The van der Waals surface area contributed by atoms with Gasteiger partial charge in [0.2, 0.25) is 0 Å². The van der Waals surface area contributed by atoms with E-state index in [0.29, 0.717) is 0 Å². The van der Waals surface area contributed by atoms with Crippen LogP contribution < -0.4 is 0 Å². The van der Waals surface area contributed by atoms with E-state index in [1.807, 2.05) is 46.9 Å². The van der Waals surface area contributed by atoms with Crippen molar-refractivity contribution in [2.24, 2.45) is 17.8 Å². The number of imidazole rings is 1. The van der Waals surface area contributed by atoms with Crippen LogP contribution in [0.25, 0.3) is 0 Å². The van der Waals surface area contributed by atoms with E-state index in [1.165, 1.54) is 12.7 Å². The van der Waals surface area contributed by atoms with Gasteiger partial charge in [-0.25, -0.2) is 9.97 Å². The van der Waals surface area contributed by atoms with Crippen LogP contribution in [0.1, 0.15) is 104 Å². The fourth-order valence-electron chi connectivity index (χ4n) is 0.567. The summed E-state index contributed by atoms with van der Waals surface area (Å²) in [5.41, 5.74) is 1.79. The lowest BCUT2D eigenvalue weighted by Crippen LogP contribution is -1.66. The van der Waals surface area contributed by atoms with E-state index in [4.69, 9.17) is 0 Å². The molecule has 0 bridgehead atoms.